The molecule has 0 saturated heterocycles. The standard InChI is InChI=1S/C17H24N2O/c1-4-20-12-17(13(2)3)19-11-15-7-5-6-14-10-18-9-8-16(14)15/h5-10,13,17,19H,4,11-12H2,1-3H3. The summed E-state index contributed by atoms with van der Waals surface area (Å²) in [6.07, 6.45) is 3.77. The van der Waals surface area contributed by atoms with Gasteiger partial charge in [0.25, 0.3) is 0 Å². The number of hydrogen-bond donors (Lipinski definition) is 1. The maximum absolute atomic E-state index is 5.56. The third-order valence-electron chi connectivity index (χ3n) is 3.63. The Hall–Kier alpha value is -1.45. The highest BCUT2D eigenvalue weighted by Crippen LogP contribution is 2.17. The van der Waals surface area contributed by atoms with Crippen LogP contribution in [0.5, 0.6) is 0 Å². The second-order valence-electron chi connectivity index (χ2n) is 5.40. The molecule has 0 amide bonds. The van der Waals surface area contributed by atoms with Crippen molar-refractivity contribution in [2.24, 2.45) is 5.92 Å². The van der Waals surface area contributed by atoms with E-state index in [1.807, 2.05) is 19.3 Å². The summed E-state index contributed by atoms with van der Waals surface area (Å²) in [5.74, 6) is 0.554. The molecule has 0 aliphatic carbocycles. The van der Waals surface area contributed by atoms with E-state index in [0.717, 1.165) is 19.8 Å². The van der Waals surface area contributed by atoms with E-state index in [0.29, 0.717) is 12.0 Å². The number of aromatic nitrogens is 1. The molecule has 1 aromatic carbocycles. The molecule has 3 heteroatoms. The van der Waals surface area contributed by atoms with Crippen LogP contribution in [0.2, 0.25) is 0 Å². The molecule has 0 saturated carbocycles. The molecule has 0 spiro atoms. The monoisotopic (exact) mass is 272 g/mol. The first kappa shape index (κ1) is 14.9. The Kier molecular flexibility index (Phi) is 5.50. The van der Waals surface area contributed by atoms with Crippen molar-refractivity contribution in [1.29, 1.82) is 0 Å². The fourth-order valence-corrected chi connectivity index (χ4v) is 2.32. The summed E-state index contributed by atoms with van der Waals surface area (Å²) < 4.78 is 5.56. The third-order valence-corrected chi connectivity index (χ3v) is 3.63. The first-order chi connectivity index (χ1) is 9.72. The zero-order valence-corrected chi connectivity index (χ0v) is 12.6. The van der Waals surface area contributed by atoms with Gasteiger partial charge in [0.2, 0.25) is 0 Å². The first-order valence-electron chi connectivity index (χ1n) is 7.35. The lowest BCUT2D eigenvalue weighted by molar-refractivity contribution is 0.108. The molecule has 108 valence electrons. The molecular formula is C17H24N2O. The Labute approximate surface area is 121 Å². The lowest BCUT2D eigenvalue weighted by Gasteiger charge is -2.22. The molecule has 1 atom stereocenters. The van der Waals surface area contributed by atoms with Crippen LogP contribution >= 0.6 is 0 Å². The lowest BCUT2D eigenvalue weighted by atomic mass is 10.0. The zero-order chi connectivity index (χ0) is 14.4. The van der Waals surface area contributed by atoms with E-state index in [9.17, 15) is 0 Å². The first-order valence-corrected chi connectivity index (χ1v) is 7.35. The topological polar surface area (TPSA) is 34.1 Å². The van der Waals surface area contributed by atoms with Crippen LogP contribution in [-0.4, -0.2) is 24.2 Å². The van der Waals surface area contributed by atoms with Gasteiger partial charge in [-0.2, -0.15) is 0 Å². The van der Waals surface area contributed by atoms with Crippen LogP contribution in [0, 0.1) is 5.92 Å². The van der Waals surface area contributed by atoms with Crippen molar-refractivity contribution >= 4 is 10.8 Å². The molecule has 1 unspecified atom stereocenters. The molecule has 0 bridgehead atoms. The second kappa shape index (κ2) is 7.36. The van der Waals surface area contributed by atoms with Crippen molar-refractivity contribution in [3.63, 3.8) is 0 Å². The van der Waals surface area contributed by atoms with E-state index in [1.165, 1.54) is 16.3 Å². The van der Waals surface area contributed by atoms with Crippen LogP contribution in [0.4, 0.5) is 0 Å². The van der Waals surface area contributed by atoms with Gasteiger partial charge in [0.05, 0.1) is 6.61 Å². The Balaban J connectivity index is 2.07. The van der Waals surface area contributed by atoms with Crippen LogP contribution < -0.4 is 5.32 Å². The summed E-state index contributed by atoms with van der Waals surface area (Å²) in [6, 6.07) is 8.83. The van der Waals surface area contributed by atoms with Crippen molar-refractivity contribution in [2.45, 2.75) is 33.4 Å². The molecule has 0 fully saturated rings. The SMILES string of the molecule is CCOCC(NCc1cccc2cnccc12)C(C)C. The minimum atomic E-state index is 0.382. The van der Waals surface area contributed by atoms with Crippen LogP contribution in [0.15, 0.2) is 36.7 Å². The lowest BCUT2D eigenvalue weighted by Crippen LogP contribution is -2.37. The van der Waals surface area contributed by atoms with Crippen molar-refractivity contribution < 1.29 is 4.74 Å². The molecule has 0 aliphatic rings. The smallest absolute Gasteiger partial charge is 0.0622 e. The van der Waals surface area contributed by atoms with E-state index >= 15 is 0 Å². The number of pyridine rings is 1. The van der Waals surface area contributed by atoms with Gasteiger partial charge >= 0.3 is 0 Å². The molecule has 1 N–H and O–H groups in total. The van der Waals surface area contributed by atoms with E-state index in [-0.39, 0.29) is 0 Å². The molecule has 0 radical (unpaired) electrons. The van der Waals surface area contributed by atoms with E-state index < -0.39 is 0 Å². The number of rotatable bonds is 7. The van der Waals surface area contributed by atoms with E-state index in [4.69, 9.17) is 4.74 Å². The van der Waals surface area contributed by atoms with Crippen LogP contribution in [-0.2, 0) is 11.3 Å². The van der Waals surface area contributed by atoms with Gasteiger partial charge in [0.15, 0.2) is 0 Å². The molecule has 2 rings (SSSR count). The zero-order valence-electron chi connectivity index (χ0n) is 12.6. The Morgan fingerprint density at radius 2 is 2.10 bits per heavy atom. The highest BCUT2D eigenvalue weighted by molar-refractivity contribution is 5.84. The quantitative estimate of drug-likeness (QED) is 0.839. The summed E-state index contributed by atoms with van der Waals surface area (Å²) in [4.78, 5) is 4.18. The van der Waals surface area contributed by atoms with Crippen molar-refractivity contribution in [3.05, 3.63) is 42.2 Å². The largest absolute Gasteiger partial charge is 0.380 e. The molecular weight excluding hydrogens is 248 g/mol. The van der Waals surface area contributed by atoms with Gasteiger partial charge in [-0.1, -0.05) is 32.0 Å². The van der Waals surface area contributed by atoms with Crippen molar-refractivity contribution in [2.75, 3.05) is 13.2 Å². The molecule has 2 aromatic rings. The molecule has 20 heavy (non-hydrogen) atoms. The van der Waals surface area contributed by atoms with E-state index in [1.54, 1.807) is 0 Å². The number of nitrogens with zero attached hydrogens (tertiary/aromatic N) is 1. The van der Waals surface area contributed by atoms with E-state index in [2.05, 4.69) is 48.4 Å². The fraction of sp³-hybridized carbons (Fsp3) is 0.471. The van der Waals surface area contributed by atoms with Gasteiger partial charge in [0, 0.05) is 37.0 Å². The van der Waals surface area contributed by atoms with Gasteiger partial charge in [0.1, 0.15) is 0 Å². The summed E-state index contributed by atoms with van der Waals surface area (Å²) in [6.45, 7) is 8.88. The number of benzene rings is 1. The predicted octanol–water partition coefficient (Wildman–Crippen LogP) is 3.39. The Morgan fingerprint density at radius 1 is 1.25 bits per heavy atom. The van der Waals surface area contributed by atoms with Gasteiger partial charge < -0.3 is 10.1 Å². The van der Waals surface area contributed by atoms with Gasteiger partial charge in [-0.05, 0) is 29.9 Å². The van der Waals surface area contributed by atoms with Crippen LogP contribution in [0.1, 0.15) is 26.3 Å². The normalized spacial score (nSPS) is 13.0. The highest BCUT2D eigenvalue weighted by Gasteiger charge is 2.13. The average Bonchev–Trinajstić information content (AvgIpc) is 2.47. The Bertz CT molecular complexity index is 534. The fourth-order valence-electron chi connectivity index (χ4n) is 2.32. The van der Waals surface area contributed by atoms with Gasteiger partial charge in [-0.15, -0.1) is 0 Å². The molecule has 1 heterocycles. The summed E-state index contributed by atoms with van der Waals surface area (Å²) >= 11 is 0. The minimum absolute atomic E-state index is 0.382. The van der Waals surface area contributed by atoms with Crippen molar-refractivity contribution in [3.8, 4) is 0 Å². The number of hydrogen-bond acceptors (Lipinski definition) is 3. The third kappa shape index (κ3) is 3.78. The summed E-state index contributed by atoms with van der Waals surface area (Å²) in [5.41, 5.74) is 1.31. The molecule has 3 nitrogen and oxygen atoms in total. The number of ether oxygens (including phenoxy) is 1. The predicted molar refractivity (Wildman–Crippen MR) is 83.7 cm³/mol. The van der Waals surface area contributed by atoms with Gasteiger partial charge in [-0.3, -0.25) is 4.98 Å². The summed E-state index contributed by atoms with van der Waals surface area (Å²) in [7, 11) is 0. The van der Waals surface area contributed by atoms with Gasteiger partial charge in [-0.25, -0.2) is 0 Å². The van der Waals surface area contributed by atoms with Crippen LogP contribution in [0.3, 0.4) is 0 Å². The number of fused-ring (bicyclic) bond motifs is 1. The minimum Gasteiger partial charge on any atom is -0.380 e. The molecule has 1 aromatic heterocycles. The highest BCUT2D eigenvalue weighted by atomic mass is 16.5. The maximum atomic E-state index is 5.56. The summed E-state index contributed by atoms with van der Waals surface area (Å²) in [5, 5.41) is 6.08. The Morgan fingerprint density at radius 3 is 2.85 bits per heavy atom. The van der Waals surface area contributed by atoms with Crippen LogP contribution in [0.25, 0.3) is 10.8 Å². The second-order valence-corrected chi connectivity index (χ2v) is 5.40. The average molecular weight is 272 g/mol. The molecule has 0 aliphatic heterocycles. The van der Waals surface area contributed by atoms with Crippen molar-refractivity contribution in [1.82, 2.24) is 10.3 Å². The maximum Gasteiger partial charge on any atom is 0.0622 e. The number of nitrogens with one attached hydrogen (secondary N) is 1.